The summed E-state index contributed by atoms with van der Waals surface area (Å²) in [5.41, 5.74) is 2.33. The number of nitrogens with zero attached hydrogens (tertiary/aromatic N) is 1. The molecule has 5 heteroatoms. The largest absolute Gasteiger partial charge is 0.496 e. The number of methoxy groups -OCH3 is 1. The molecule has 0 saturated heterocycles. The van der Waals surface area contributed by atoms with Crippen molar-refractivity contribution in [3.63, 3.8) is 0 Å². The van der Waals surface area contributed by atoms with Gasteiger partial charge in [0.15, 0.2) is 0 Å². The second-order valence-corrected chi connectivity index (χ2v) is 6.05. The highest BCUT2D eigenvalue weighted by molar-refractivity contribution is 9.10. The second-order valence-electron chi connectivity index (χ2n) is 5.14. The Morgan fingerprint density at radius 2 is 1.96 bits per heavy atom. The zero-order chi connectivity index (χ0) is 17.1. The van der Waals surface area contributed by atoms with E-state index in [1.54, 1.807) is 31.4 Å². The van der Waals surface area contributed by atoms with Crippen molar-refractivity contribution < 1.29 is 14.6 Å². The molecule has 0 saturated carbocycles. The van der Waals surface area contributed by atoms with E-state index < -0.39 is 5.97 Å². The number of hydrogen-bond donors (Lipinski definition) is 1. The van der Waals surface area contributed by atoms with E-state index in [4.69, 9.17) is 4.74 Å². The number of para-hydroxylation sites is 1. The average molecular weight is 384 g/mol. The van der Waals surface area contributed by atoms with Crippen molar-refractivity contribution in [1.82, 2.24) is 4.98 Å². The number of rotatable bonds is 4. The fourth-order valence-electron chi connectivity index (χ4n) is 2.46. The molecule has 0 aliphatic rings. The minimum atomic E-state index is -0.979. The van der Waals surface area contributed by atoms with E-state index in [2.05, 4.69) is 20.9 Å². The molecule has 1 heterocycles. The molecule has 0 bridgehead atoms. The third kappa shape index (κ3) is 3.31. The summed E-state index contributed by atoms with van der Waals surface area (Å²) in [6.45, 7) is 0. The first-order chi connectivity index (χ1) is 11.6. The van der Waals surface area contributed by atoms with Crippen LogP contribution in [0.25, 0.3) is 23.1 Å². The van der Waals surface area contributed by atoms with Gasteiger partial charge in [0.1, 0.15) is 5.75 Å². The molecular formula is C19H14BrNO3. The van der Waals surface area contributed by atoms with Crippen LogP contribution in [0.15, 0.2) is 53.0 Å². The molecule has 120 valence electrons. The first-order valence-corrected chi connectivity index (χ1v) is 8.02. The van der Waals surface area contributed by atoms with E-state index in [1.807, 2.05) is 36.4 Å². The quantitative estimate of drug-likeness (QED) is 0.697. The molecule has 0 aliphatic carbocycles. The Morgan fingerprint density at radius 1 is 1.17 bits per heavy atom. The predicted octanol–water partition coefficient (Wildman–Crippen LogP) is 4.87. The van der Waals surface area contributed by atoms with Crippen molar-refractivity contribution in [2.75, 3.05) is 7.11 Å². The molecule has 3 aromatic rings. The molecule has 0 radical (unpaired) electrons. The lowest BCUT2D eigenvalue weighted by molar-refractivity contribution is 0.0699. The van der Waals surface area contributed by atoms with E-state index in [9.17, 15) is 9.90 Å². The van der Waals surface area contributed by atoms with Crippen molar-refractivity contribution >= 4 is 45.0 Å². The van der Waals surface area contributed by atoms with Gasteiger partial charge in [-0.1, -0.05) is 34.1 Å². The number of pyridine rings is 1. The van der Waals surface area contributed by atoms with Crippen LogP contribution in [0.2, 0.25) is 0 Å². The molecule has 0 aliphatic heterocycles. The van der Waals surface area contributed by atoms with E-state index in [0.717, 1.165) is 15.8 Å². The molecule has 1 N–H and O–H groups in total. The zero-order valence-corrected chi connectivity index (χ0v) is 14.4. The third-order valence-electron chi connectivity index (χ3n) is 3.59. The lowest BCUT2D eigenvalue weighted by atomic mass is 10.1. The van der Waals surface area contributed by atoms with Gasteiger partial charge in [0.05, 0.1) is 23.9 Å². The van der Waals surface area contributed by atoms with Crippen LogP contribution in [0.5, 0.6) is 5.75 Å². The number of benzene rings is 2. The Morgan fingerprint density at radius 3 is 2.71 bits per heavy atom. The van der Waals surface area contributed by atoms with Crippen LogP contribution in [-0.2, 0) is 0 Å². The van der Waals surface area contributed by atoms with Gasteiger partial charge in [-0.05, 0) is 42.5 Å². The molecule has 0 spiro atoms. The van der Waals surface area contributed by atoms with Gasteiger partial charge >= 0.3 is 5.97 Å². The first kappa shape index (κ1) is 16.2. The zero-order valence-electron chi connectivity index (χ0n) is 12.9. The smallest absolute Gasteiger partial charge is 0.336 e. The SMILES string of the molecule is COc1ccccc1/C=C/c1cc(C(=O)O)c2cc(Br)ccc2n1. The van der Waals surface area contributed by atoms with Gasteiger partial charge in [0.2, 0.25) is 0 Å². The number of hydrogen-bond acceptors (Lipinski definition) is 3. The predicted molar refractivity (Wildman–Crippen MR) is 98.3 cm³/mol. The molecular weight excluding hydrogens is 370 g/mol. The molecule has 2 aromatic carbocycles. The Hall–Kier alpha value is -2.66. The van der Waals surface area contributed by atoms with Crippen LogP contribution < -0.4 is 4.74 Å². The highest BCUT2D eigenvalue weighted by atomic mass is 79.9. The third-order valence-corrected chi connectivity index (χ3v) is 4.09. The van der Waals surface area contributed by atoms with Crippen LogP contribution in [0.4, 0.5) is 0 Å². The molecule has 0 atom stereocenters. The first-order valence-electron chi connectivity index (χ1n) is 7.23. The summed E-state index contributed by atoms with van der Waals surface area (Å²) in [4.78, 5) is 16.1. The number of carboxylic acids is 1. The van der Waals surface area contributed by atoms with Crippen molar-refractivity contribution in [3.05, 3.63) is 69.8 Å². The van der Waals surface area contributed by atoms with Gasteiger partial charge < -0.3 is 9.84 Å². The molecule has 1 aromatic heterocycles. The Kier molecular flexibility index (Phi) is 4.62. The number of halogens is 1. The summed E-state index contributed by atoms with van der Waals surface area (Å²) in [6.07, 6.45) is 3.64. The van der Waals surface area contributed by atoms with Gasteiger partial charge in [0.25, 0.3) is 0 Å². The topological polar surface area (TPSA) is 59.4 Å². The molecule has 24 heavy (non-hydrogen) atoms. The number of ether oxygens (including phenoxy) is 1. The van der Waals surface area contributed by atoms with Crippen molar-refractivity contribution in [3.8, 4) is 5.75 Å². The lowest BCUT2D eigenvalue weighted by Crippen LogP contribution is -2.00. The number of fused-ring (bicyclic) bond motifs is 1. The van der Waals surface area contributed by atoms with E-state index in [0.29, 0.717) is 16.6 Å². The minimum absolute atomic E-state index is 0.223. The monoisotopic (exact) mass is 383 g/mol. The van der Waals surface area contributed by atoms with Crippen molar-refractivity contribution in [2.45, 2.75) is 0 Å². The fraction of sp³-hybridized carbons (Fsp3) is 0.0526. The highest BCUT2D eigenvalue weighted by Crippen LogP contribution is 2.25. The summed E-state index contributed by atoms with van der Waals surface area (Å²) in [6, 6.07) is 14.6. The Bertz CT molecular complexity index is 950. The van der Waals surface area contributed by atoms with Crippen LogP contribution in [0.1, 0.15) is 21.6 Å². The van der Waals surface area contributed by atoms with E-state index in [1.165, 1.54) is 0 Å². The highest BCUT2D eigenvalue weighted by Gasteiger charge is 2.11. The maximum absolute atomic E-state index is 11.6. The lowest BCUT2D eigenvalue weighted by Gasteiger charge is -2.06. The summed E-state index contributed by atoms with van der Waals surface area (Å²) >= 11 is 3.36. The maximum atomic E-state index is 11.6. The van der Waals surface area contributed by atoms with E-state index >= 15 is 0 Å². The molecule has 0 unspecified atom stereocenters. The average Bonchev–Trinajstić information content (AvgIpc) is 2.59. The van der Waals surface area contributed by atoms with Crippen molar-refractivity contribution in [2.24, 2.45) is 0 Å². The second kappa shape index (κ2) is 6.84. The van der Waals surface area contributed by atoms with Crippen molar-refractivity contribution in [1.29, 1.82) is 0 Å². The van der Waals surface area contributed by atoms with Gasteiger partial charge in [0, 0.05) is 15.4 Å². The number of carbonyl (C=O) groups is 1. The Balaban J connectivity index is 2.08. The van der Waals surface area contributed by atoms with Gasteiger partial charge in [-0.3, -0.25) is 0 Å². The molecule has 4 nitrogen and oxygen atoms in total. The summed E-state index contributed by atoms with van der Waals surface area (Å²) in [7, 11) is 1.61. The molecule has 0 fully saturated rings. The molecule has 0 amide bonds. The number of aromatic nitrogens is 1. The van der Waals surface area contributed by atoms with Gasteiger partial charge in [-0.2, -0.15) is 0 Å². The minimum Gasteiger partial charge on any atom is -0.496 e. The maximum Gasteiger partial charge on any atom is 0.336 e. The van der Waals surface area contributed by atoms with Crippen LogP contribution >= 0.6 is 15.9 Å². The summed E-state index contributed by atoms with van der Waals surface area (Å²) < 4.78 is 6.12. The fourth-order valence-corrected chi connectivity index (χ4v) is 2.82. The molecule has 3 rings (SSSR count). The Labute approximate surface area is 147 Å². The van der Waals surface area contributed by atoms with Crippen LogP contribution in [-0.4, -0.2) is 23.2 Å². The number of carboxylic acid groups (broad SMARTS) is 1. The van der Waals surface area contributed by atoms with Crippen LogP contribution in [0, 0.1) is 0 Å². The number of aromatic carboxylic acids is 1. The van der Waals surface area contributed by atoms with Gasteiger partial charge in [-0.15, -0.1) is 0 Å². The standard InChI is InChI=1S/C19H14BrNO3/c1-24-18-5-3-2-4-12(18)6-8-14-11-16(19(22)23)15-10-13(20)7-9-17(15)21-14/h2-11H,1H3,(H,22,23)/b8-6+. The van der Waals surface area contributed by atoms with E-state index in [-0.39, 0.29) is 5.56 Å². The van der Waals surface area contributed by atoms with Gasteiger partial charge in [-0.25, -0.2) is 9.78 Å². The summed E-state index contributed by atoms with van der Waals surface area (Å²) in [5.74, 6) is -0.232. The summed E-state index contributed by atoms with van der Waals surface area (Å²) in [5, 5.41) is 10.1. The van der Waals surface area contributed by atoms with Crippen LogP contribution in [0.3, 0.4) is 0 Å². The normalized spacial score (nSPS) is 11.1.